The van der Waals surface area contributed by atoms with Gasteiger partial charge in [-0.1, -0.05) is 298 Å². The van der Waals surface area contributed by atoms with E-state index in [9.17, 15) is 0 Å². The minimum Gasteiger partial charge on any atom is -0.454 e. The molecule has 0 unspecified atom stereocenters. The second-order valence-electron chi connectivity index (χ2n) is 26.6. The van der Waals surface area contributed by atoms with Gasteiger partial charge in [0.15, 0.2) is 11.2 Å². The molecule has 8 heteroatoms. The second-order valence-corrected chi connectivity index (χ2v) is 27.5. The van der Waals surface area contributed by atoms with E-state index in [2.05, 4.69) is 405 Å². The molecule has 16 aromatic carbocycles. The number of fused-ring (bicyclic) bond motifs is 10. The van der Waals surface area contributed by atoms with Crippen LogP contribution < -0.4 is 9.80 Å². The number of nitrogens with one attached hydrogen (secondary N) is 1. The van der Waals surface area contributed by atoms with Gasteiger partial charge in [0.1, 0.15) is 16.7 Å². The Morgan fingerprint density at radius 1 is 0.245 bits per heavy atom. The van der Waals surface area contributed by atoms with Gasteiger partial charge in [0.2, 0.25) is 0 Å². The number of benzene rings is 16. The fourth-order valence-electron chi connectivity index (χ4n) is 14.6. The Labute approximate surface area is 652 Å². The van der Waals surface area contributed by atoms with Gasteiger partial charge in [-0.05, 0) is 212 Å². The van der Waals surface area contributed by atoms with Gasteiger partial charge in [-0.15, -0.1) is 0 Å². The molecule has 110 heavy (non-hydrogen) atoms. The summed E-state index contributed by atoms with van der Waals surface area (Å²) in [6, 6.07) is 145. The van der Waals surface area contributed by atoms with E-state index >= 15 is 0 Å². The van der Waals surface area contributed by atoms with Crippen molar-refractivity contribution in [3.8, 4) is 72.4 Å². The van der Waals surface area contributed by atoms with Crippen LogP contribution in [0, 0.1) is 0 Å². The highest BCUT2D eigenvalue weighted by atomic mass is 79.9. The van der Waals surface area contributed by atoms with Crippen molar-refractivity contribution in [2.24, 2.45) is 0 Å². The molecule has 0 spiro atoms. The van der Waals surface area contributed by atoms with Crippen molar-refractivity contribution in [3.05, 3.63) is 417 Å². The number of aromatic nitrogens is 2. The van der Waals surface area contributed by atoms with Gasteiger partial charge in [0.05, 0.1) is 11.0 Å². The van der Waals surface area contributed by atoms with Gasteiger partial charge in [-0.25, -0.2) is 0 Å². The lowest BCUT2D eigenvalue weighted by molar-refractivity contribution is 0.672. The Kier molecular flexibility index (Phi) is 21.1. The standard InChI is InChI=1S/C50H34N2O.C36H26BrN.C14H9NO.2CH4.B/c1-3-11-35(12-4-1)37-19-27-41(28-20-37)51(42-29-21-38(22-30-42)36-13-5-2-6-14-36)43-31-23-39(24-32-43)40-25-33-44(34-26-40)52-47-17-9-7-15-45(47)50-49(52)46-16-8-10-18-48(46)53-50;37-33-19-11-29(12-20-33)32-17-25-36(26-18-32)38(34-21-13-30(14-22-34)27-7-3-1-4-8-27)35-23-15-31(16-24-35)28-9-5-2-6-10-28;1-3-7-11-9(5-1)14-13(15-11)10-6-2-4-8-12(10)16-14;;;/h1-34H;1-26H;1-8,15H;2*1H4;. The topological polar surface area (TPSA) is 53.5 Å². The maximum atomic E-state index is 6.38. The van der Waals surface area contributed by atoms with Crippen LogP contribution >= 0.6 is 15.9 Å². The molecule has 20 rings (SSSR count). The summed E-state index contributed by atoms with van der Waals surface area (Å²) in [6.07, 6.45) is 0. The molecule has 1 N–H and O–H groups in total. The maximum Gasteiger partial charge on any atom is 0.161 e. The van der Waals surface area contributed by atoms with Crippen LogP contribution in [-0.2, 0) is 0 Å². The highest BCUT2D eigenvalue weighted by Crippen LogP contribution is 2.43. The number of hydrogen-bond acceptors (Lipinski definition) is 4. The molecule has 6 nitrogen and oxygen atoms in total. The molecule has 0 atom stereocenters. The first-order valence-corrected chi connectivity index (χ1v) is 36.8. The average molecular weight is 1480 g/mol. The van der Waals surface area contributed by atoms with Crippen LogP contribution in [0.15, 0.2) is 426 Å². The molecule has 20 aromatic rings. The fraction of sp³-hybridized carbons (Fsp3) is 0.0196. The minimum atomic E-state index is 0. The summed E-state index contributed by atoms with van der Waals surface area (Å²) < 4.78 is 15.7. The summed E-state index contributed by atoms with van der Waals surface area (Å²) in [5, 5.41) is 4.53. The molecular formula is C102H77BBrN4O2. The van der Waals surface area contributed by atoms with E-state index in [4.69, 9.17) is 8.83 Å². The zero-order chi connectivity index (χ0) is 71.4. The second kappa shape index (κ2) is 32.2. The first-order chi connectivity index (χ1) is 53.0. The molecule has 0 fully saturated rings. The monoisotopic (exact) mass is 1480 g/mol. The van der Waals surface area contributed by atoms with Crippen molar-refractivity contribution < 1.29 is 8.83 Å². The summed E-state index contributed by atoms with van der Waals surface area (Å²) in [6.45, 7) is 0. The summed E-state index contributed by atoms with van der Waals surface area (Å²) in [4.78, 5) is 8.05. The van der Waals surface area contributed by atoms with E-state index < -0.39 is 0 Å². The zero-order valence-corrected chi connectivity index (χ0v) is 60.5. The lowest BCUT2D eigenvalue weighted by Crippen LogP contribution is -2.09. The number of anilines is 6. The van der Waals surface area contributed by atoms with E-state index in [1.165, 1.54) is 55.6 Å². The van der Waals surface area contributed by atoms with Crippen molar-refractivity contribution in [2.45, 2.75) is 14.9 Å². The molecular weight excluding hydrogens is 1400 g/mol. The minimum absolute atomic E-state index is 0. The molecule has 0 saturated heterocycles. The normalized spacial score (nSPS) is 10.9. The van der Waals surface area contributed by atoms with Crippen LogP contribution in [0.2, 0.25) is 0 Å². The number of halogens is 1. The number of nitrogens with zero attached hydrogens (tertiary/aromatic N) is 3. The van der Waals surface area contributed by atoms with Gasteiger partial charge in [0, 0.05) is 79.8 Å². The number of hydrogen-bond donors (Lipinski definition) is 1. The highest BCUT2D eigenvalue weighted by Gasteiger charge is 2.21. The molecule has 0 aliphatic carbocycles. The van der Waals surface area contributed by atoms with Crippen LogP contribution in [0.3, 0.4) is 0 Å². The molecule has 527 valence electrons. The molecule has 0 aliphatic rings. The van der Waals surface area contributed by atoms with Crippen molar-refractivity contribution in [2.75, 3.05) is 9.80 Å². The number of aromatic amines is 1. The summed E-state index contributed by atoms with van der Waals surface area (Å²) in [5.41, 5.74) is 30.3. The Hall–Kier alpha value is -13.7. The van der Waals surface area contributed by atoms with Crippen molar-refractivity contribution in [1.82, 2.24) is 9.55 Å². The highest BCUT2D eigenvalue weighted by molar-refractivity contribution is 9.10. The summed E-state index contributed by atoms with van der Waals surface area (Å²) in [5.74, 6) is 0. The first kappa shape index (κ1) is 71.9. The van der Waals surface area contributed by atoms with E-state index in [1.54, 1.807) is 0 Å². The first-order valence-electron chi connectivity index (χ1n) is 36.0. The van der Waals surface area contributed by atoms with Crippen molar-refractivity contribution >= 4 is 124 Å². The summed E-state index contributed by atoms with van der Waals surface area (Å²) >= 11 is 3.53. The van der Waals surface area contributed by atoms with Crippen LogP contribution in [-0.4, -0.2) is 18.0 Å². The van der Waals surface area contributed by atoms with Gasteiger partial charge < -0.3 is 28.2 Å². The quantitative estimate of drug-likeness (QED) is 0.117. The number of para-hydroxylation sites is 4. The number of H-pyrrole nitrogens is 1. The van der Waals surface area contributed by atoms with E-state index in [-0.39, 0.29) is 23.3 Å². The molecule has 4 aromatic heterocycles. The predicted octanol–water partition coefficient (Wildman–Crippen LogP) is 29.9. The Balaban J connectivity index is 0.000000146. The molecule has 3 radical (unpaired) electrons. The summed E-state index contributed by atoms with van der Waals surface area (Å²) in [7, 11) is 0. The number of rotatable bonds is 13. The van der Waals surface area contributed by atoms with Gasteiger partial charge >= 0.3 is 0 Å². The lowest BCUT2D eigenvalue weighted by atomic mass is 10.0. The van der Waals surface area contributed by atoms with Gasteiger partial charge in [0.25, 0.3) is 0 Å². The van der Waals surface area contributed by atoms with Crippen LogP contribution in [0.5, 0.6) is 0 Å². The van der Waals surface area contributed by atoms with Crippen LogP contribution in [0.25, 0.3) is 138 Å². The molecule has 0 aliphatic heterocycles. The molecule has 0 amide bonds. The third-order valence-electron chi connectivity index (χ3n) is 20.0. The molecule has 4 heterocycles. The molecule has 0 saturated carbocycles. The number of furan rings is 2. The van der Waals surface area contributed by atoms with E-state index in [0.29, 0.717) is 0 Å². The maximum absolute atomic E-state index is 6.38. The Morgan fingerprint density at radius 3 is 0.900 bits per heavy atom. The lowest BCUT2D eigenvalue weighted by Gasteiger charge is -2.26. The van der Waals surface area contributed by atoms with E-state index in [0.717, 1.165) is 121 Å². The van der Waals surface area contributed by atoms with Crippen LogP contribution in [0.4, 0.5) is 34.1 Å². The molecule has 0 bridgehead atoms. The third-order valence-corrected chi connectivity index (χ3v) is 20.6. The third kappa shape index (κ3) is 14.5. The van der Waals surface area contributed by atoms with Crippen LogP contribution in [0.1, 0.15) is 14.9 Å². The SMILES string of the molecule is Brc1ccc(-c2ccc(N(c3ccc(-c4ccccc4)cc3)c3ccc(-c4ccccc4)cc3)cc2)cc1.C.C.[B].c1ccc(-c2ccc(N(c3ccc(-c4ccccc4)cc3)c3ccc(-c4ccc(-n5c6ccccc6c6oc7ccccc7c65)cc4)cc3)cc2)cc1.c1ccc2c(c1)[nH]c1c3ccccc3oc21. The largest absolute Gasteiger partial charge is 0.454 e. The fourth-order valence-corrected chi connectivity index (χ4v) is 14.9. The Bertz CT molecular complexity index is 6180. The predicted molar refractivity (Wildman–Crippen MR) is 471 cm³/mol. The average Bonchev–Trinajstić information content (AvgIpc) is 1.57. The van der Waals surface area contributed by atoms with Crippen molar-refractivity contribution in [3.63, 3.8) is 0 Å². The van der Waals surface area contributed by atoms with Gasteiger partial charge in [-0.3, -0.25) is 0 Å². The smallest absolute Gasteiger partial charge is 0.161 e. The Morgan fingerprint density at radius 2 is 0.518 bits per heavy atom. The van der Waals surface area contributed by atoms with E-state index in [1.807, 2.05) is 42.5 Å². The van der Waals surface area contributed by atoms with Crippen molar-refractivity contribution in [1.29, 1.82) is 0 Å². The zero-order valence-electron chi connectivity index (χ0n) is 58.9. The van der Waals surface area contributed by atoms with Gasteiger partial charge in [-0.2, -0.15) is 0 Å².